The van der Waals surface area contributed by atoms with Crippen LogP contribution in [0.3, 0.4) is 0 Å². The minimum Gasteiger partial charge on any atom is -0.454 e. The molecule has 25 heavy (non-hydrogen) atoms. The predicted octanol–water partition coefficient (Wildman–Crippen LogP) is 2.93. The van der Waals surface area contributed by atoms with E-state index in [0.29, 0.717) is 17.9 Å². The van der Waals surface area contributed by atoms with Crippen LogP contribution in [0.4, 0.5) is 9.59 Å². The highest BCUT2D eigenvalue weighted by Gasteiger charge is 2.22. The predicted molar refractivity (Wildman–Crippen MR) is 87.5 cm³/mol. The van der Waals surface area contributed by atoms with Crippen molar-refractivity contribution < 1.29 is 33.3 Å². The summed E-state index contributed by atoms with van der Waals surface area (Å²) in [7, 11) is 1.62. The second kappa shape index (κ2) is 8.46. The average Bonchev–Trinajstić information content (AvgIpc) is 3.01. The third-order valence-electron chi connectivity index (χ3n) is 3.71. The Hall–Kier alpha value is -2.64. The molecule has 2 atom stereocenters. The summed E-state index contributed by atoms with van der Waals surface area (Å²) in [6, 6.07) is 5.53. The van der Waals surface area contributed by atoms with Gasteiger partial charge in [-0.15, -0.1) is 0 Å². The largest absolute Gasteiger partial charge is 0.511 e. The summed E-state index contributed by atoms with van der Waals surface area (Å²) in [5.74, 6) is 1.42. The van der Waals surface area contributed by atoms with Gasteiger partial charge in [-0.2, -0.15) is 0 Å². The number of benzene rings is 1. The van der Waals surface area contributed by atoms with Gasteiger partial charge in [0.2, 0.25) is 13.1 Å². The van der Waals surface area contributed by atoms with Gasteiger partial charge in [-0.3, -0.25) is 0 Å². The van der Waals surface area contributed by atoms with Gasteiger partial charge in [-0.05, 0) is 38.0 Å². The van der Waals surface area contributed by atoms with Crippen molar-refractivity contribution in [2.45, 2.75) is 39.5 Å². The highest BCUT2D eigenvalue weighted by atomic mass is 16.8. The second-order valence-electron chi connectivity index (χ2n) is 5.60. The van der Waals surface area contributed by atoms with Gasteiger partial charge < -0.3 is 28.6 Å². The number of ether oxygens (including phenoxy) is 5. The van der Waals surface area contributed by atoms with Gasteiger partial charge in [-0.1, -0.05) is 6.07 Å². The van der Waals surface area contributed by atoms with Crippen LogP contribution in [0.15, 0.2) is 18.2 Å². The summed E-state index contributed by atoms with van der Waals surface area (Å²) in [5.41, 5.74) is 1.01. The molecule has 0 N–H and O–H groups in total. The number of carbonyl (C=O) groups excluding carboxylic acids is 2. The first-order chi connectivity index (χ1) is 11.9. The fourth-order valence-electron chi connectivity index (χ4n) is 2.26. The zero-order valence-corrected chi connectivity index (χ0v) is 14.8. The smallest absolute Gasteiger partial charge is 0.454 e. The van der Waals surface area contributed by atoms with E-state index in [9.17, 15) is 9.59 Å². The lowest BCUT2D eigenvalue weighted by Crippen LogP contribution is -2.39. The summed E-state index contributed by atoms with van der Waals surface area (Å²) in [6.45, 7) is 5.41. The molecule has 0 radical (unpaired) electrons. The van der Waals surface area contributed by atoms with Crippen LogP contribution in [0.2, 0.25) is 0 Å². The van der Waals surface area contributed by atoms with Crippen LogP contribution >= 0.6 is 0 Å². The van der Waals surface area contributed by atoms with E-state index in [2.05, 4.69) is 4.74 Å². The maximum Gasteiger partial charge on any atom is 0.511 e. The summed E-state index contributed by atoms with van der Waals surface area (Å²) in [5, 5.41) is 0. The van der Waals surface area contributed by atoms with Crippen molar-refractivity contribution in [3.63, 3.8) is 0 Å². The second-order valence-corrected chi connectivity index (χ2v) is 5.60. The fraction of sp³-hybridized carbons (Fsp3) is 0.529. The number of amides is 1. The molecule has 0 saturated carbocycles. The zero-order valence-electron chi connectivity index (χ0n) is 14.8. The maximum atomic E-state index is 12.1. The Kier molecular flexibility index (Phi) is 6.32. The number of nitrogens with zero attached hydrogens (tertiary/aromatic N) is 1. The van der Waals surface area contributed by atoms with E-state index in [1.54, 1.807) is 14.0 Å². The van der Waals surface area contributed by atoms with Crippen LogP contribution < -0.4 is 9.47 Å². The average molecular weight is 353 g/mol. The van der Waals surface area contributed by atoms with Crippen molar-refractivity contribution in [2.24, 2.45) is 0 Å². The standard InChI is InChI=1S/C17H23NO7/c1-5-21-17(20)25-12(3)24-16(19)18(4)11(2)8-13-6-7-14-15(9-13)23-10-22-14/h6-7,9,11-12H,5,8,10H2,1-4H3. The molecule has 8 heteroatoms. The molecule has 0 bridgehead atoms. The lowest BCUT2D eigenvalue weighted by Gasteiger charge is -2.25. The van der Waals surface area contributed by atoms with Crippen molar-refractivity contribution >= 4 is 12.2 Å². The lowest BCUT2D eigenvalue weighted by atomic mass is 10.1. The Morgan fingerprint density at radius 1 is 1.20 bits per heavy atom. The van der Waals surface area contributed by atoms with Crippen molar-refractivity contribution in [3.05, 3.63) is 23.8 Å². The Balaban J connectivity index is 1.85. The van der Waals surface area contributed by atoms with Crippen LogP contribution in [0, 0.1) is 0 Å². The number of fused-ring (bicyclic) bond motifs is 1. The molecule has 1 aromatic rings. The van der Waals surface area contributed by atoms with Crippen LogP contribution in [-0.2, 0) is 20.6 Å². The van der Waals surface area contributed by atoms with E-state index in [1.165, 1.54) is 11.8 Å². The topological polar surface area (TPSA) is 83.5 Å². The summed E-state index contributed by atoms with van der Waals surface area (Å²) < 4.78 is 25.1. The fourth-order valence-corrected chi connectivity index (χ4v) is 2.26. The number of hydrogen-bond acceptors (Lipinski definition) is 7. The summed E-state index contributed by atoms with van der Waals surface area (Å²) in [6.07, 6.45) is -1.90. The molecule has 8 nitrogen and oxygen atoms in total. The van der Waals surface area contributed by atoms with Crippen LogP contribution in [-0.4, -0.2) is 49.9 Å². The Bertz CT molecular complexity index is 619. The van der Waals surface area contributed by atoms with Gasteiger partial charge in [0, 0.05) is 20.0 Å². The third-order valence-corrected chi connectivity index (χ3v) is 3.71. The Labute approximate surface area is 146 Å². The molecule has 0 saturated heterocycles. The van der Waals surface area contributed by atoms with Gasteiger partial charge in [0.25, 0.3) is 0 Å². The molecule has 138 valence electrons. The monoisotopic (exact) mass is 353 g/mol. The maximum absolute atomic E-state index is 12.1. The lowest BCUT2D eigenvalue weighted by molar-refractivity contribution is -0.0821. The Morgan fingerprint density at radius 2 is 1.92 bits per heavy atom. The van der Waals surface area contributed by atoms with Crippen molar-refractivity contribution in [2.75, 3.05) is 20.4 Å². The van der Waals surface area contributed by atoms with Gasteiger partial charge in [-0.25, -0.2) is 9.59 Å². The molecule has 0 fully saturated rings. The molecule has 1 amide bonds. The van der Waals surface area contributed by atoms with Crippen LogP contribution in [0.25, 0.3) is 0 Å². The number of likely N-dealkylation sites (N-methyl/N-ethyl adjacent to an activating group) is 1. The van der Waals surface area contributed by atoms with E-state index < -0.39 is 18.5 Å². The van der Waals surface area contributed by atoms with Crippen LogP contribution in [0.1, 0.15) is 26.3 Å². The first-order valence-electron chi connectivity index (χ1n) is 8.06. The van der Waals surface area contributed by atoms with Crippen molar-refractivity contribution in [1.82, 2.24) is 4.90 Å². The molecule has 1 aliphatic heterocycles. The minimum absolute atomic E-state index is 0.136. The molecular formula is C17H23NO7. The highest BCUT2D eigenvalue weighted by molar-refractivity contribution is 5.68. The third kappa shape index (κ3) is 5.17. The van der Waals surface area contributed by atoms with Crippen molar-refractivity contribution in [1.29, 1.82) is 0 Å². The number of rotatable bonds is 6. The Morgan fingerprint density at radius 3 is 2.64 bits per heavy atom. The summed E-state index contributed by atoms with van der Waals surface area (Å²) >= 11 is 0. The first kappa shape index (κ1) is 18.7. The minimum atomic E-state index is -1.04. The number of hydrogen-bond donors (Lipinski definition) is 0. The normalized spacial score (nSPS) is 14.4. The van der Waals surface area contributed by atoms with Gasteiger partial charge in [0.1, 0.15) is 0 Å². The van der Waals surface area contributed by atoms with E-state index in [1.807, 2.05) is 25.1 Å². The van der Waals surface area contributed by atoms with Gasteiger partial charge >= 0.3 is 12.2 Å². The van der Waals surface area contributed by atoms with E-state index in [-0.39, 0.29) is 19.4 Å². The molecule has 0 spiro atoms. The molecule has 2 unspecified atom stereocenters. The summed E-state index contributed by atoms with van der Waals surface area (Å²) in [4.78, 5) is 24.8. The van der Waals surface area contributed by atoms with Gasteiger partial charge in [0.05, 0.1) is 6.61 Å². The highest BCUT2D eigenvalue weighted by Crippen LogP contribution is 2.32. The van der Waals surface area contributed by atoms with Crippen molar-refractivity contribution in [3.8, 4) is 11.5 Å². The molecular weight excluding hydrogens is 330 g/mol. The molecule has 1 aliphatic rings. The molecule has 1 aromatic carbocycles. The molecule has 1 heterocycles. The molecule has 0 aromatic heterocycles. The quantitative estimate of drug-likeness (QED) is 0.574. The van der Waals surface area contributed by atoms with E-state index in [0.717, 1.165) is 5.56 Å². The molecule has 2 rings (SSSR count). The van der Waals surface area contributed by atoms with Crippen LogP contribution in [0.5, 0.6) is 11.5 Å². The molecule has 0 aliphatic carbocycles. The first-order valence-corrected chi connectivity index (χ1v) is 8.06. The SMILES string of the molecule is CCOC(=O)OC(C)OC(=O)N(C)C(C)Cc1ccc2c(c1)OCO2. The zero-order chi connectivity index (χ0) is 18.4. The van der Waals surface area contributed by atoms with Gasteiger partial charge in [0.15, 0.2) is 11.5 Å². The number of carbonyl (C=O) groups is 2. The van der Waals surface area contributed by atoms with E-state index in [4.69, 9.17) is 18.9 Å². The van der Waals surface area contributed by atoms with E-state index >= 15 is 0 Å².